The summed E-state index contributed by atoms with van der Waals surface area (Å²) in [6.07, 6.45) is 0. The highest BCUT2D eigenvalue weighted by atomic mass is 35.5. The second-order valence-corrected chi connectivity index (χ2v) is 9.58. The van der Waals surface area contributed by atoms with Crippen LogP contribution in [0.15, 0.2) is 35.2 Å². The van der Waals surface area contributed by atoms with Gasteiger partial charge in [-0.25, -0.2) is 17.6 Å². The van der Waals surface area contributed by atoms with Crippen LogP contribution in [0.1, 0.15) is 0 Å². The average molecular weight is 507 g/mol. The van der Waals surface area contributed by atoms with Crippen molar-refractivity contribution in [3.05, 3.63) is 46.2 Å². The van der Waals surface area contributed by atoms with Gasteiger partial charge in [-0.2, -0.15) is 4.31 Å². The lowest BCUT2D eigenvalue weighted by molar-refractivity contribution is 0.151. The predicted molar refractivity (Wildman–Crippen MR) is 119 cm³/mol. The number of hydrogen-bond donors (Lipinski definition) is 4. The second-order valence-electron chi connectivity index (χ2n) is 6.92. The summed E-state index contributed by atoms with van der Waals surface area (Å²) in [4.78, 5) is 13.7. The van der Waals surface area contributed by atoms with Crippen molar-refractivity contribution >= 4 is 50.6 Å². The Bertz CT molecular complexity index is 1110. The van der Waals surface area contributed by atoms with E-state index in [-0.39, 0.29) is 41.1 Å². The Hall–Kier alpha value is -2.15. The molecule has 1 heterocycles. The number of urea groups is 1. The third-order valence-corrected chi connectivity index (χ3v) is 7.66. The normalized spacial score (nSPS) is 15.5. The van der Waals surface area contributed by atoms with Gasteiger partial charge in [-0.05, 0) is 24.3 Å². The van der Waals surface area contributed by atoms with E-state index in [1.807, 2.05) is 4.90 Å². The molecule has 1 aliphatic heterocycles. The number of phenolic OH excluding ortho intramolecular Hbond substituents is 1. The van der Waals surface area contributed by atoms with Crippen LogP contribution < -0.4 is 10.6 Å². The van der Waals surface area contributed by atoms with Gasteiger partial charge >= 0.3 is 6.03 Å². The van der Waals surface area contributed by atoms with Crippen molar-refractivity contribution in [3.63, 3.8) is 0 Å². The molecule has 174 valence electrons. The molecule has 0 atom stereocenters. The van der Waals surface area contributed by atoms with Crippen LogP contribution in [-0.2, 0) is 10.0 Å². The third kappa shape index (κ3) is 5.25. The van der Waals surface area contributed by atoms with Crippen LogP contribution in [0.25, 0.3) is 0 Å². The van der Waals surface area contributed by atoms with Gasteiger partial charge in [0.05, 0.1) is 28.0 Å². The monoisotopic (exact) mass is 506 g/mol. The van der Waals surface area contributed by atoms with Gasteiger partial charge in [0.15, 0.2) is 5.75 Å². The first-order chi connectivity index (χ1) is 15.1. The van der Waals surface area contributed by atoms with E-state index in [0.29, 0.717) is 19.6 Å². The number of aliphatic hydroxyl groups is 1. The molecule has 0 aliphatic carbocycles. The molecule has 0 spiro atoms. The minimum Gasteiger partial charge on any atom is -0.504 e. The van der Waals surface area contributed by atoms with Gasteiger partial charge in [-0.3, -0.25) is 4.90 Å². The van der Waals surface area contributed by atoms with Crippen LogP contribution in [0.5, 0.6) is 5.75 Å². The smallest absolute Gasteiger partial charge is 0.323 e. The number of aliphatic hydroxyl groups excluding tert-OH is 1. The van der Waals surface area contributed by atoms with Gasteiger partial charge in [0.1, 0.15) is 10.7 Å². The predicted octanol–water partition coefficient (Wildman–Crippen LogP) is 2.78. The minimum atomic E-state index is -4.17. The van der Waals surface area contributed by atoms with E-state index in [0.717, 1.165) is 6.07 Å². The first kappa shape index (κ1) is 24.5. The van der Waals surface area contributed by atoms with Crippen molar-refractivity contribution in [3.8, 4) is 5.75 Å². The zero-order valence-electron chi connectivity index (χ0n) is 16.7. The summed E-state index contributed by atoms with van der Waals surface area (Å²) >= 11 is 11.9. The summed E-state index contributed by atoms with van der Waals surface area (Å²) in [6.45, 7) is 1.52. The molecule has 9 nitrogen and oxygen atoms in total. The van der Waals surface area contributed by atoms with Crippen LogP contribution in [0.2, 0.25) is 10.0 Å². The lowest BCUT2D eigenvalue weighted by atomic mass is 10.3. The zero-order valence-corrected chi connectivity index (χ0v) is 19.0. The maximum atomic E-state index is 13.5. The van der Waals surface area contributed by atoms with Crippen molar-refractivity contribution in [1.82, 2.24) is 9.21 Å². The summed E-state index contributed by atoms with van der Waals surface area (Å²) in [5, 5.41) is 23.8. The number of halogens is 3. The second kappa shape index (κ2) is 10.2. The molecule has 0 bridgehead atoms. The molecule has 2 aromatic rings. The third-order valence-electron chi connectivity index (χ3n) is 4.88. The quantitative estimate of drug-likeness (QED) is 0.446. The SMILES string of the molecule is O=C(Nc1ccc(Cl)c(S(=O)(=O)N2CCN(CCO)CC2)c1O)Nc1cccc(F)c1Cl. The molecule has 4 N–H and O–H groups in total. The molecule has 0 saturated carbocycles. The highest BCUT2D eigenvalue weighted by molar-refractivity contribution is 7.89. The first-order valence-electron chi connectivity index (χ1n) is 9.52. The number of carbonyl (C=O) groups is 1. The molecular formula is C19H21Cl2FN4O5S. The zero-order chi connectivity index (χ0) is 23.5. The molecule has 0 radical (unpaired) electrons. The Morgan fingerprint density at radius 3 is 2.38 bits per heavy atom. The van der Waals surface area contributed by atoms with Gasteiger partial charge in [-0.15, -0.1) is 0 Å². The largest absolute Gasteiger partial charge is 0.504 e. The molecule has 0 unspecified atom stereocenters. The molecule has 1 saturated heterocycles. The summed E-state index contributed by atoms with van der Waals surface area (Å²) < 4.78 is 41.0. The summed E-state index contributed by atoms with van der Waals surface area (Å²) in [5.74, 6) is -1.46. The molecule has 32 heavy (non-hydrogen) atoms. The van der Waals surface area contributed by atoms with Crippen LogP contribution in [0.3, 0.4) is 0 Å². The molecule has 2 amide bonds. The van der Waals surface area contributed by atoms with E-state index in [4.69, 9.17) is 28.3 Å². The minimum absolute atomic E-state index is 0.00813. The summed E-state index contributed by atoms with van der Waals surface area (Å²) in [5.41, 5.74) is -0.219. The number of nitrogens with one attached hydrogen (secondary N) is 2. The van der Waals surface area contributed by atoms with Gasteiger partial charge in [0, 0.05) is 32.7 Å². The number of nitrogens with zero attached hydrogens (tertiary/aromatic N) is 2. The number of hydrogen-bond acceptors (Lipinski definition) is 6. The Morgan fingerprint density at radius 1 is 1.06 bits per heavy atom. The van der Waals surface area contributed by atoms with E-state index in [1.165, 1.54) is 28.6 Å². The summed E-state index contributed by atoms with van der Waals surface area (Å²) in [6, 6.07) is 5.44. The van der Waals surface area contributed by atoms with Crippen molar-refractivity contribution < 1.29 is 27.8 Å². The van der Waals surface area contributed by atoms with E-state index < -0.39 is 32.5 Å². The molecule has 1 fully saturated rings. The molecule has 0 aromatic heterocycles. The van der Waals surface area contributed by atoms with Crippen LogP contribution in [0.4, 0.5) is 20.6 Å². The van der Waals surface area contributed by atoms with E-state index in [1.54, 1.807) is 0 Å². The maximum absolute atomic E-state index is 13.5. The first-order valence-corrected chi connectivity index (χ1v) is 11.7. The molecular weight excluding hydrogens is 486 g/mol. The summed E-state index contributed by atoms with van der Waals surface area (Å²) in [7, 11) is -4.17. The van der Waals surface area contributed by atoms with Crippen LogP contribution in [-0.4, -0.2) is 73.2 Å². The van der Waals surface area contributed by atoms with Crippen molar-refractivity contribution in [2.75, 3.05) is 50.0 Å². The topological polar surface area (TPSA) is 122 Å². The Morgan fingerprint density at radius 2 is 1.72 bits per heavy atom. The van der Waals surface area contributed by atoms with Crippen LogP contribution >= 0.6 is 23.2 Å². The van der Waals surface area contributed by atoms with Crippen LogP contribution in [0, 0.1) is 5.82 Å². The van der Waals surface area contributed by atoms with E-state index in [2.05, 4.69) is 10.6 Å². The Labute approximate surface area is 194 Å². The number of piperazine rings is 1. The number of benzene rings is 2. The standard InChI is InChI=1S/C19H21Cl2FN4O5S/c20-12-4-5-15(24-19(29)23-14-3-1-2-13(22)16(14)21)17(28)18(12)32(30,31)26-8-6-25(7-9-26)10-11-27/h1-5,27-28H,6-11H2,(H2,23,24,29). The Balaban J connectivity index is 1.81. The fraction of sp³-hybridized carbons (Fsp3) is 0.316. The fourth-order valence-corrected chi connectivity index (χ4v) is 5.42. The number of anilines is 2. The van der Waals surface area contributed by atoms with Crippen molar-refractivity contribution in [2.24, 2.45) is 0 Å². The molecule has 13 heteroatoms. The van der Waals surface area contributed by atoms with Crippen molar-refractivity contribution in [2.45, 2.75) is 4.90 Å². The van der Waals surface area contributed by atoms with Crippen molar-refractivity contribution in [1.29, 1.82) is 0 Å². The maximum Gasteiger partial charge on any atom is 0.323 e. The number of carbonyl (C=O) groups excluding carboxylic acids is 1. The average Bonchev–Trinajstić information content (AvgIpc) is 2.74. The van der Waals surface area contributed by atoms with Gasteiger partial charge in [0.2, 0.25) is 10.0 Å². The van der Waals surface area contributed by atoms with Gasteiger partial charge in [0.25, 0.3) is 0 Å². The lowest BCUT2D eigenvalue weighted by Gasteiger charge is -2.33. The van der Waals surface area contributed by atoms with Gasteiger partial charge in [-0.1, -0.05) is 29.3 Å². The van der Waals surface area contributed by atoms with E-state index in [9.17, 15) is 22.7 Å². The van der Waals surface area contributed by atoms with Gasteiger partial charge < -0.3 is 20.8 Å². The fourth-order valence-electron chi connectivity index (χ4n) is 3.23. The van der Waals surface area contributed by atoms with E-state index >= 15 is 0 Å². The number of phenols is 1. The Kier molecular flexibility index (Phi) is 7.80. The number of rotatable bonds is 6. The number of sulfonamides is 1. The molecule has 2 aromatic carbocycles. The number of aromatic hydroxyl groups is 1. The molecule has 1 aliphatic rings. The lowest BCUT2D eigenvalue weighted by Crippen LogP contribution is -2.49. The number of β-amino-alcohol motifs (C(OH)–C–C–N with tert-alkyl or cyclic N) is 1. The highest BCUT2D eigenvalue weighted by Crippen LogP contribution is 2.39. The number of amides is 2. The highest BCUT2D eigenvalue weighted by Gasteiger charge is 2.33. The molecule has 3 rings (SSSR count).